The van der Waals surface area contributed by atoms with E-state index in [0.29, 0.717) is 0 Å². The standard InChI is InChI=1S/C24H29NO7/c1-6-13-30-23(28)25-20(22(27)31-32-24(2,3)4)19(21(26)29-5)15-16-11-12-17-9-7-8-10-18(17)14-16/h6-12,14,19-20H,1,13,15H2,2-5H3,(H,25,28). The van der Waals surface area contributed by atoms with Crippen LogP contribution in [0.25, 0.3) is 10.8 Å². The Balaban J connectivity index is 2.34. The van der Waals surface area contributed by atoms with E-state index in [1.807, 2.05) is 42.5 Å². The molecule has 0 aliphatic rings. The average Bonchev–Trinajstić information content (AvgIpc) is 2.77. The second-order valence-corrected chi connectivity index (χ2v) is 8.12. The molecule has 8 nitrogen and oxygen atoms in total. The van der Waals surface area contributed by atoms with Crippen molar-refractivity contribution in [2.45, 2.75) is 38.8 Å². The Kier molecular flexibility index (Phi) is 8.78. The number of ether oxygens (including phenoxy) is 2. The maximum absolute atomic E-state index is 12.8. The van der Waals surface area contributed by atoms with Crippen LogP contribution in [0, 0.1) is 5.92 Å². The Morgan fingerprint density at radius 1 is 1.06 bits per heavy atom. The Labute approximate surface area is 187 Å². The van der Waals surface area contributed by atoms with Gasteiger partial charge >= 0.3 is 18.0 Å². The van der Waals surface area contributed by atoms with Gasteiger partial charge in [-0.1, -0.05) is 55.1 Å². The average molecular weight is 443 g/mol. The number of hydrogen-bond acceptors (Lipinski definition) is 7. The number of nitrogens with one attached hydrogen (secondary N) is 1. The Hall–Kier alpha value is -3.39. The molecule has 1 amide bonds. The molecule has 0 saturated heterocycles. The molecule has 1 N–H and O–H groups in total. The van der Waals surface area contributed by atoms with Crippen molar-refractivity contribution in [3.05, 3.63) is 60.7 Å². The van der Waals surface area contributed by atoms with E-state index in [0.717, 1.165) is 16.3 Å². The van der Waals surface area contributed by atoms with Gasteiger partial charge in [-0.25, -0.2) is 9.59 Å². The lowest BCUT2D eigenvalue weighted by Gasteiger charge is -2.25. The molecule has 2 unspecified atom stereocenters. The predicted octanol–water partition coefficient (Wildman–Crippen LogP) is 3.73. The van der Waals surface area contributed by atoms with Gasteiger partial charge in [0.1, 0.15) is 18.2 Å². The fraction of sp³-hybridized carbons (Fsp3) is 0.375. The number of benzene rings is 2. The van der Waals surface area contributed by atoms with Crippen LogP contribution in [-0.4, -0.2) is 43.4 Å². The van der Waals surface area contributed by atoms with E-state index in [1.165, 1.54) is 13.2 Å². The minimum atomic E-state index is -1.41. The van der Waals surface area contributed by atoms with E-state index in [1.54, 1.807) is 20.8 Å². The summed E-state index contributed by atoms with van der Waals surface area (Å²) in [5.74, 6) is -2.74. The monoisotopic (exact) mass is 443 g/mol. The topological polar surface area (TPSA) is 100 Å². The summed E-state index contributed by atoms with van der Waals surface area (Å²) in [5, 5.41) is 4.40. The van der Waals surface area contributed by atoms with Gasteiger partial charge in [-0.05, 0) is 43.5 Å². The molecular formula is C24H29NO7. The van der Waals surface area contributed by atoms with Crippen LogP contribution in [0.4, 0.5) is 4.79 Å². The lowest BCUT2D eigenvalue weighted by atomic mass is 9.91. The lowest BCUT2D eigenvalue weighted by molar-refractivity contribution is -0.322. The van der Waals surface area contributed by atoms with E-state index in [9.17, 15) is 14.4 Å². The summed E-state index contributed by atoms with van der Waals surface area (Å²) in [5.41, 5.74) is -0.0160. The molecule has 172 valence electrons. The van der Waals surface area contributed by atoms with Gasteiger partial charge in [-0.2, -0.15) is 4.89 Å². The van der Waals surface area contributed by atoms with E-state index in [4.69, 9.17) is 19.2 Å². The van der Waals surface area contributed by atoms with Crippen molar-refractivity contribution in [3.8, 4) is 0 Å². The fourth-order valence-electron chi connectivity index (χ4n) is 2.95. The van der Waals surface area contributed by atoms with Gasteiger partial charge in [0.05, 0.1) is 13.0 Å². The molecule has 2 rings (SSSR count). The van der Waals surface area contributed by atoms with Crippen molar-refractivity contribution in [1.29, 1.82) is 0 Å². The number of esters is 1. The summed E-state index contributed by atoms with van der Waals surface area (Å²) in [6, 6.07) is 12.0. The molecule has 2 aromatic rings. The zero-order chi connectivity index (χ0) is 23.7. The number of rotatable bonds is 9. The zero-order valence-corrected chi connectivity index (χ0v) is 18.8. The van der Waals surface area contributed by atoms with Crippen molar-refractivity contribution in [2.24, 2.45) is 5.92 Å². The highest BCUT2D eigenvalue weighted by Crippen LogP contribution is 2.21. The van der Waals surface area contributed by atoms with Crippen LogP contribution in [-0.2, 0) is 35.3 Å². The molecule has 0 aliphatic heterocycles. The van der Waals surface area contributed by atoms with Crippen LogP contribution < -0.4 is 5.32 Å². The number of carbonyl (C=O) groups excluding carboxylic acids is 3. The third-order valence-corrected chi connectivity index (χ3v) is 4.41. The van der Waals surface area contributed by atoms with Crippen LogP contribution in [0.2, 0.25) is 0 Å². The highest BCUT2D eigenvalue weighted by molar-refractivity contribution is 5.88. The molecule has 2 aromatic carbocycles. The summed E-state index contributed by atoms with van der Waals surface area (Å²) in [7, 11) is 1.21. The first kappa shape index (κ1) is 24.9. The number of amides is 1. The predicted molar refractivity (Wildman–Crippen MR) is 119 cm³/mol. The van der Waals surface area contributed by atoms with E-state index < -0.39 is 35.6 Å². The van der Waals surface area contributed by atoms with E-state index in [-0.39, 0.29) is 13.0 Å². The number of alkyl carbamates (subject to hydrolysis) is 1. The zero-order valence-electron chi connectivity index (χ0n) is 18.8. The minimum Gasteiger partial charge on any atom is -0.469 e. The summed E-state index contributed by atoms with van der Waals surface area (Å²) < 4.78 is 9.84. The number of hydrogen-bond donors (Lipinski definition) is 1. The van der Waals surface area contributed by atoms with Crippen molar-refractivity contribution in [3.63, 3.8) is 0 Å². The van der Waals surface area contributed by atoms with Gasteiger partial charge in [0, 0.05) is 0 Å². The largest absolute Gasteiger partial charge is 0.469 e. The first-order valence-electron chi connectivity index (χ1n) is 10.1. The van der Waals surface area contributed by atoms with Gasteiger partial charge in [-0.15, -0.1) is 0 Å². The molecule has 0 aliphatic carbocycles. The highest BCUT2D eigenvalue weighted by atomic mass is 17.2. The van der Waals surface area contributed by atoms with Gasteiger partial charge in [0.15, 0.2) is 0 Å². The highest BCUT2D eigenvalue weighted by Gasteiger charge is 2.39. The minimum absolute atomic E-state index is 0.0698. The summed E-state index contributed by atoms with van der Waals surface area (Å²) >= 11 is 0. The maximum Gasteiger partial charge on any atom is 0.408 e. The van der Waals surface area contributed by atoms with Gasteiger partial charge < -0.3 is 14.8 Å². The van der Waals surface area contributed by atoms with Crippen molar-refractivity contribution in [2.75, 3.05) is 13.7 Å². The van der Waals surface area contributed by atoms with E-state index in [2.05, 4.69) is 11.9 Å². The van der Waals surface area contributed by atoms with Crippen LogP contribution >= 0.6 is 0 Å². The molecule has 0 spiro atoms. The second kappa shape index (κ2) is 11.3. The molecular weight excluding hydrogens is 414 g/mol. The Morgan fingerprint density at radius 2 is 1.75 bits per heavy atom. The summed E-state index contributed by atoms with van der Waals surface area (Å²) in [6.07, 6.45) is 0.576. The number of methoxy groups -OCH3 is 1. The second-order valence-electron chi connectivity index (χ2n) is 8.12. The molecule has 2 atom stereocenters. The number of fused-ring (bicyclic) bond motifs is 1. The van der Waals surface area contributed by atoms with Crippen LogP contribution in [0.1, 0.15) is 26.3 Å². The molecule has 0 heterocycles. The first-order chi connectivity index (χ1) is 15.1. The normalized spacial score (nSPS) is 13.0. The number of carbonyl (C=O) groups is 3. The molecule has 0 aromatic heterocycles. The van der Waals surface area contributed by atoms with Crippen molar-refractivity contribution < 1.29 is 33.6 Å². The Bertz CT molecular complexity index is 964. The van der Waals surface area contributed by atoms with Gasteiger partial charge in [-0.3, -0.25) is 9.68 Å². The Morgan fingerprint density at radius 3 is 2.38 bits per heavy atom. The third kappa shape index (κ3) is 7.39. The quantitative estimate of drug-likeness (QED) is 0.273. The molecule has 0 fully saturated rings. The SMILES string of the molecule is C=CCOC(=O)NC(C(=O)OOC(C)(C)C)C(Cc1ccc2ccccc2c1)C(=O)OC. The molecule has 0 radical (unpaired) electrons. The van der Waals surface area contributed by atoms with Gasteiger partial charge in [0.2, 0.25) is 0 Å². The maximum atomic E-state index is 12.8. The smallest absolute Gasteiger partial charge is 0.408 e. The summed E-state index contributed by atoms with van der Waals surface area (Å²) in [4.78, 5) is 47.7. The van der Waals surface area contributed by atoms with Crippen molar-refractivity contribution >= 4 is 28.8 Å². The fourth-order valence-corrected chi connectivity index (χ4v) is 2.95. The molecule has 8 heteroatoms. The molecule has 0 saturated carbocycles. The van der Waals surface area contributed by atoms with E-state index >= 15 is 0 Å². The van der Waals surface area contributed by atoms with Crippen LogP contribution in [0.15, 0.2) is 55.1 Å². The summed E-state index contributed by atoms with van der Waals surface area (Å²) in [6.45, 7) is 8.47. The van der Waals surface area contributed by atoms with Crippen LogP contribution in [0.3, 0.4) is 0 Å². The lowest BCUT2D eigenvalue weighted by Crippen LogP contribution is -2.51. The molecule has 32 heavy (non-hydrogen) atoms. The molecule has 0 bridgehead atoms. The third-order valence-electron chi connectivity index (χ3n) is 4.41. The van der Waals surface area contributed by atoms with Crippen molar-refractivity contribution in [1.82, 2.24) is 5.32 Å². The van der Waals surface area contributed by atoms with Gasteiger partial charge in [0.25, 0.3) is 0 Å². The first-order valence-corrected chi connectivity index (χ1v) is 10.1. The van der Waals surface area contributed by atoms with Crippen LogP contribution in [0.5, 0.6) is 0 Å².